The van der Waals surface area contributed by atoms with Gasteiger partial charge in [-0.25, -0.2) is 22.8 Å². The Bertz CT molecular complexity index is 1220. The lowest BCUT2D eigenvalue weighted by atomic mass is 10.1. The molecule has 0 unspecified atom stereocenters. The Morgan fingerprint density at radius 1 is 1.37 bits per heavy atom. The standard InChI is InChI=1S/C23H33FN6O4S/c1-8-17-18(11-14(2)24)30(22(26-6)28-17)15(3)27-20(23(4,5)35(7,31)32)19-21(25)29-9-10-33-12-16(29)13-34-19/h8,11,16,25H,1,9-10,12-13H2,2-7H3,(H,26,28)/b14-11+,20-19+,25-21?,27-15+/t16-/m0/s1. The van der Waals surface area contributed by atoms with Crippen LogP contribution in [0, 0.1) is 5.41 Å². The van der Waals surface area contributed by atoms with Gasteiger partial charge in [0.15, 0.2) is 21.4 Å². The molecule has 0 spiro atoms. The van der Waals surface area contributed by atoms with Gasteiger partial charge in [-0.3, -0.25) is 9.98 Å². The smallest absolute Gasteiger partial charge is 0.209 e. The second-order valence-corrected chi connectivity index (χ2v) is 11.5. The maximum absolute atomic E-state index is 13.9. The molecule has 35 heavy (non-hydrogen) atoms. The number of amidine groups is 1. The fourth-order valence-corrected chi connectivity index (χ4v) is 4.40. The molecular weight excluding hydrogens is 475 g/mol. The van der Waals surface area contributed by atoms with Gasteiger partial charge in [-0.15, -0.1) is 0 Å². The molecular formula is C23H33FN6O4S. The van der Waals surface area contributed by atoms with Gasteiger partial charge in [0, 0.05) is 19.8 Å². The number of fused-ring (bicyclic) bond motifs is 1. The van der Waals surface area contributed by atoms with Crippen LogP contribution >= 0.6 is 0 Å². The number of hydrogen-bond acceptors (Lipinski definition) is 8. The summed E-state index contributed by atoms with van der Waals surface area (Å²) >= 11 is 0. The third kappa shape index (κ3) is 5.03. The largest absolute Gasteiger partial charge is 0.486 e. The van der Waals surface area contributed by atoms with Gasteiger partial charge in [0.1, 0.15) is 22.9 Å². The normalized spacial score (nSPS) is 21.4. The molecule has 2 N–H and O–H groups in total. The summed E-state index contributed by atoms with van der Waals surface area (Å²) in [6.07, 6.45) is 3.92. The van der Waals surface area contributed by atoms with Crippen LogP contribution in [0.5, 0.6) is 0 Å². The van der Waals surface area contributed by atoms with Crippen molar-refractivity contribution in [3.8, 4) is 0 Å². The quantitative estimate of drug-likeness (QED) is 0.448. The van der Waals surface area contributed by atoms with Crippen LogP contribution < -0.4 is 5.32 Å². The third-order valence-corrected chi connectivity index (χ3v) is 8.20. The number of nitrogens with zero attached hydrogens (tertiary/aromatic N) is 4. The molecule has 1 atom stereocenters. The van der Waals surface area contributed by atoms with Gasteiger partial charge < -0.3 is 19.7 Å². The second kappa shape index (κ2) is 9.94. The highest BCUT2D eigenvalue weighted by Gasteiger charge is 2.42. The molecule has 0 aromatic carbocycles. The first kappa shape index (κ1) is 26.6. The van der Waals surface area contributed by atoms with Gasteiger partial charge >= 0.3 is 0 Å². The van der Waals surface area contributed by atoms with E-state index in [-0.39, 0.29) is 29.9 Å². The molecule has 2 fully saturated rings. The van der Waals surface area contributed by atoms with Gasteiger partial charge in [-0.2, -0.15) is 0 Å². The summed E-state index contributed by atoms with van der Waals surface area (Å²) in [5.41, 5.74) is 0.894. The number of rotatable bonds is 6. The van der Waals surface area contributed by atoms with E-state index in [1.807, 2.05) is 4.90 Å². The van der Waals surface area contributed by atoms with Crippen LogP contribution in [0.1, 0.15) is 39.1 Å². The van der Waals surface area contributed by atoms with Crippen molar-refractivity contribution >= 4 is 39.6 Å². The lowest BCUT2D eigenvalue weighted by Crippen LogP contribution is -2.55. The van der Waals surface area contributed by atoms with Crippen LogP contribution in [0.4, 0.5) is 10.3 Å². The number of halogens is 1. The molecule has 0 saturated carbocycles. The van der Waals surface area contributed by atoms with Crippen LogP contribution in [0.3, 0.4) is 0 Å². The maximum Gasteiger partial charge on any atom is 0.209 e. The van der Waals surface area contributed by atoms with Crippen LogP contribution in [0.15, 0.2) is 28.9 Å². The monoisotopic (exact) mass is 508 g/mol. The summed E-state index contributed by atoms with van der Waals surface area (Å²) in [7, 11) is -2.03. The molecule has 0 radical (unpaired) electrons. The molecule has 0 amide bonds. The molecule has 3 heterocycles. The molecule has 10 nitrogen and oxygen atoms in total. The lowest BCUT2D eigenvalue weighted by molar-refractivity contribution is -0.0163. The van der Waals surface area contributed by atoms with Gasteiger partial charge in [0.2, 0.25) is 5.95 Å². The number of hydrogen-bond donors (Lipinski definition) is 2. The van der Waals surface area contributed by atoms with E-state index >= 15 is 0 Å². The molecule has 2 saturated heterocycles. The number of anilines is 1. The minimum atomic E-state index is -3.69. The molecule has 1 aromatic heterocycles. The van der Waals surface area contributed by atoms with E-state index in [2.05, 4.69) is 16.9 Å². The van der Waals surface area contributed by atoms with Crippen LogP contribution in [-0.2, 0) is 19.3 Å². The molecule has 2 aliphatic rings. The molecule has 0 bridgehead atoms. The van der Waals surface area contributed by atoms with E-state index in [4.69, 9.17) is 19.9 Å². The van der Waals surface area contributed by atoms with Crippen LogP contribution in [0.2, 0.25) is 0 Å². The highest BCUT2D eigenvalue weighted by atomic mass is 32.2. The van der Waals surface area contributed by atoms with Crippen molar-refractivity contribution in [2.45, 2.75) is 38.5 Å². The average Bonchev–Trinajstić information content (AvgIpc) is 3.14. The fourth-order valence-electron chi connectivity index (χ4n) is 3.91. The van der Waals surface area contributed by atoms with E-state index < -0.39 is 20.4 Å². The second-order valence-electron chi connectivity index (χ2n) is 8.93. The molecule has 1 aromatic rings. The number of ether oxygens (including phenoxy) is 2. The molecule has 0 aliphatic carbocycles. The summed E-state index contributed by atoms with van der Waals surface area (Å²) in [4.78, 5) is 11.0. The summed E-state index contributed by atoms with van der Waals surface area (Å²) in [5, 5.41) is 11.8. The highest BCUT2D eigenvalue weighted by molar-refractivity contribution is 7.92. The number of sulfone groups is 1. The van der Waals surface area contributed by atoms with Crippen LogP contribution in [0.25, 0.3) is 12.2 Å². The van der Waals surface area contributed by atoms with Crippen molar-refractivity contribution in [3.05, 3.63) is 35.2 Å². The summed E-state index contributed by atoms with van der Waals surface area (Å²) in [5.74, 6) is 0.367. The molecule has 12 heteroatoms. The van der Waals surface area contributed by atoms with Gasteiger partial charge in [-0.05, 0) is 39.8 Å². The zero-order valence-electron chi connectivity index (χ0n) is 21.0. The Balaban J connectivity index is 2.28. The van der Waals surface area contributed by atoms with Crippen LogP contribution in [-0.4, -0.2) is 85.0 Å². The van der Waals surface area contributed by atoms with E-state index in [1.165, 1.54) is 32.9 Å². The van der Waals surface area contributed by atoms with Crippen molar-refractivity contribution in [2.24, 2.45) is 4.99 Å². The van der Waals surface area contributed by atoms with Gasteiger partial charge in [-0.1, -0.05) is 6.58 Å². The Morgan fingerprint density at radius 3 is 2.63 bits per heavy atom. The Labute approximate surface area is 205 Å². The zero-order chi connectivity index (χ0) is 26.1. The average molecular weight is 509 g/mol. The van der Waals surface area contributed by atoms with E-state index in [0.717, 1.165) is 6.26 Å². The van der Waals surface area contributed by atoms with Crippen molar-refractivity contribution < 1.29 is 22.3 Å². The zero-order valence-corrected chi connectivity index (χ0v) is 21.8. The van der Waals surface area contributed by atoms with Gasteiger partial charge in [0.05, 0.1) is 36.5 Å². The minimum Gasteiger partial charge on any atom is -0.486 e. The van der Waals surface area contributed by atoms with Gasteiger partial charge in [0.25, 0.3) is 0 Å². The first-order chi connectivity index (χ1) is 16.3. The van der Waals surface area contributed by atoms with Crippen molar-refractivity contribution in [2.75, 3.05) is 45.0 Å². The molecule has 3 rings (SSSR count). The van der Waals surface area contributed by atoms with E-state index in [9.17, 15) is 12.8 Å². The fraction of sp³-hybridized carbons (Fsp3) is 0.522. The molecule has 192 valence electrons. The third-order valence-electron chi connectivity index (χ3n) is 6.15. The topological polar surface area (TPSA) is 122 Å². The summed E-state index contributed by atoms with van der Waals surface area (Å²) < 4.78 is 51.2. The number of nitrogens with one attached hydrogen (secondary N) is 2. The predicted octanol–water partition coefficient (Wildman–Crippen LogP) is 2.91. The Hall–Kier alpha value is -2.99. The summed E-state index contributed by atoms with van der Waals surface area (Å²) in [6.45, 7) is 11.4. The highest BCUT2D eigenvalue weighted by Crippen LogP contribution is 2.34. The minimum absolute atomic E-state index is 0.0544. The number of morpholine rings is 2. The van der Waals surface area contributed by atoms with E-state index in [1.54, 1.807) is 18.5 Å². The SMILES string of the molecule is C=Cc1nc(NC)n(/C(C)=N/C(=C2/OC[C@@H]3COCCN3C2=N)C(C)(C)S(C)(=O)=O)c1/C=C(\C)F. The lowest BCUT2D eigenvalue weighted by Gasteiger charge is -2.42. The van der Waals surface area contributed by atoms with Crippen molar-refractivity contribution in [3.63, 3.8) is 0 Å². The van der Waals surface area contributed by atoms with Crippen molar-refractivity contribution in [1.82, 2.24) is 14.5 Å². The Morgan fingerprint density at radius 2 is 2.06 bits per heavy atom. The summed E-state index contributed by atoms with van der Waals surface area (Å²) in [6, 6.07) is -0.128. The van der Waals surface area contributed by atoms with Crippen molar-refractivity contribution in [1.29, 1.82) is 5.41 Å². The van der Waals surface area contributed by atoms with E-state index in [0.29, 0.717) is 42.9 Å². The maximum atomic E-state index is 13.9. The number of aliphatic imine (C=N–C) groups is 1. The number of aromatic nitrogens is 2. The Kier molecular flexibility index (Phi) is 7.56. The first-order valence-corrected chi connectivity index (χ1v) is 13.1. The predicted molar refractivity (Wildman–Crippen MR) is 136 cm³/mol. The molecule has 2 aliphatic heterocycles. The number of imidazole rings is 1. The number of allylic oxidation sites excluding steroid dienone is 1. The first-order valence-electron chi connectivity index (χ1n) is 11.2.